The number of rotatable bonds is 7. The topological polar surface area (TPSA) is 78.1 Å². The molecule has 1 aliphatic carbocycles. The highest BCUT2D eigenvalue weighted by Gasteiger charge is 2.43. The molecule has 2 heterocycles. The Balaban J connectivity index is 1.69. The predicted molar refractivity (Wildman–Crippen MR) is 92.7 cm³/mol. The molecule has 0 amide bonds. The number of aryl methyl sites for hydroxylation is 1. The van der Waals surface area contributed by atoms with E-state index in [1.165, 1.54) is 12.8 Å². The van der Waals surface area contributed by atoms with Gasteiger partial charge in [-0.05, 0) is 50.2 Å². The molecule has 3 rings (SSSR count). The van der Waals surface area contributed by atoms with Gasteiger partial charge in [-0.2, -0.15) is 5.26 Å². The molecule has 1 aromatic rings. The second-order valence-electron chi connectivity index (χ2n) is 6.95. The molecule has 0 spiro atoms. The average molecular weight is 350 g/mol. The van der Waals surface area contributed by atoms with Crippen molar-refractivity contribution in [3.05, 3.63) is 23.5 Å². The van der Waals surface area contributed by atoms with Crippen molar-refractivity contribution < 1.29 is 8.42 Å². The van der Waals surface area contributed by atoms with Gasteiger partial charge >= 0.3 is 0 Å². The van der Waals surface area contributed by atoms with Crippen molar-refractivity contribution in [3.63, 3.8) is 0 Å². The fraction of sp³-hybridized carbons (Fsp3) is 0.706. The predicted octanol–water partition coefficient (Wildman–Crippen LogP) is 1.53. The van der Waals surface area contributed by atoms with Gasteiger partial charge in [-0.15, -0.1) is 0 Å². The van der Waals surface area contributed by atoms with Crippen molar-refractivity contribution in [1.29, 1.82) is 5.26 Å². The van der Waals surface area contributed by atoms with Gasteiger partial charge in [0.2, 0.25) is 10.0 Å². The minimum atomic E-state index is -3.17. The highest BCUT2D eigenvalue weighted by molar-refractivity contribution is 7.89. The summed E-state index contributed by atoms with van der Waals surface area (Å²) in [5.74, 6) is 1.20. The van der Waals surface area contributed by atoms with E-state index in [1.54, 1.807) is 6.92 Å². The lowest BCUT2D eigenvalue weighted by Crippen LogP contribution is -2.41. The van der Waals surface area contributed by atoms with Crippen LogP contribution in [0.4, 0.5) is 0 Å². The fourth-order valence-electron chi connectivity index (χ4n) is 3.75. The van der Waals surface area contributed by atoms with E-state index in [0.717, 1.165) is 31.7 Å². The molecule has 2 fully saturated rings. The minimum absolute atomic E-state index is 0.0196. The first-order valence-corrected chi connectivity index (χ1v) is 10.4. The van der Waals surface area contributed by atoms with Crippen LogP contribution in [0.15, 0.2) is 12.3 Å². The molecule has 0 bridgehead atoms. The summed E-state index contributed by atoms with van der Waals surface area (Å²) in [4.78, 5) is 2.32. The van der Waals surface area contributed by atoms with Crippen LogP contribution in [-0.2, 0) is 23.1 Å². The zero-order valence-electron chi connectivity index (χ0n) is 14.4. The molecule has 132 valence electrons. The largest absolute Gasteiger partial charge is 0.339 e. The van der Waals surface area contributed by atoms with Crippen molar-refractivity contribution >= 4 is 10.0 Å². The van der Waals surface area contributed by atoms with Crippen LogP contribution in [0.1, 0.15) is 37.9 Å². The smallest absolute Gasteiger partial charge is 0.211 e. The number of hydrogen-bond acceptors (Lipinski definition) is 4. The standard InChI is InChI=1S/C17H26N4O2S/c1-3-21-10-13(7-15(21)8-18)9-20-11-16(14-5-6-14)17(12-20)19-24(22,23)4-2/h7,10,14,16-17,19H,3-6,9,11-12H2,1-2H3/t16-,17+/m1/s1. The second-order valence-corrected chi connectivity index (χ2v) is 9.00. The van der Waals surface area contributed by atoms with Gasteiger partial charge in [-0.3, -0.25) is 4.90 Å². The third-order valence-corrected chi connectivity index (χ3v) is 6.62. The monoisotopic (exact) mass is 350 g/mol. The molecule has 2 aliphatic rings. The molecule has 7 heteroatoms. The lowest BCUT2D eigenvalue weighted by atomic mass is 9.99. The Morgan fingerprint density at radius 3 is 2.62 bits per heavy atom. The second kappa shape index (κ2) is 6.87. The van der Waals surface area contributed by atoms with Crippen LogP contribution in [0.25, 0.3) is 0 Å². The highest BCUT2D eigenvalue weighted by atomic mass is 32.2. The van der Waals surface area contributed by atoms with E-state index in [9.17, 15) is 13.7 Å². The fourth-order valence-corrected chi connectivity index (χ4v) is 4.63. The quantitative estimate of drug-likeness (QED) is 0.809. The number of likely N-dealkylation sites (tertiary alicyclic amines) is 1. The van der Waals surface area contributed by atoms with Gasteiger partial charge in [0.15, 0.2) is 0 Å². The number of nitrogens with zero attached hydrogens (tertiary/aromatic N) is 3. The van der Waals surface area contributed by atoms with Crippen molar-refractivity contribution in [2.24, 2.45) is 11.8 Å². The van der Waals surface area contributed by atoms with Gasteiger partial charge < -0.3 is 4.57 Å². The molecule has 1 saturated carbocycles. The van der Waals surface area contributed by atoms with E-state index in [1.807, 2.05) is 23.8 Å². The van der Waals surface area contributed by atoms with Crippen LogP contribution >= 0.6 is 0 Å². The first-order valence-electron chi connectivity index (χ1n) is 8.77. The molecule has 24 heavy (non-hydrogen) atoms. The summed E-state index contributed by atoms with van der Waals surface area (Å²) in [6, 6.07) is 4.19. The van der Waals surface area contributed by atoms with Crippen molar-refractivity contribution in [3.8, 4) is 6.07 Å². The van der Waals surface area contributed by atoms with Crippen LogP contribution < -0.4 is 4.72 Å². The summed E-state index contributed by atoms with van der Waals surface area (Å²) >= 11 is 0. The average Bonchev–Trinajstić information content (AvgIpc) is 3.21. The molecule has 1 aromatic heterocycles. The summed E-state index contributed by atoms with van der Waals surface area (Å²) < 4.78 is 28.8. The SMILES string of the molecule is CCn1cc(CN2C[C@H](NS(=O)(=O)CC)[C@@H](C3CC3)C2)cc1C#N. The normalized spacial score (nSPS) is 25.0. The van der Waals surface area contributed by atoms with Gasteiger partial charge in [0.25, 0.3) is 0 Å². The lowest BCUT2D eigenvalue weighted by Gasteiger charge is -2.18. The molecule has 0 unspecified atom stereocenters. The van der Waals surface area contributed by atoms with Crippen molar-refractivity contribution in [1.82, 2.24) is 14.2 Å². The molecular formula is C17H26N4O2S. The molecule has 1 saturated heterocycles. The Morgan fingerprint density at radius 2 is 2.08 bits per heavy atom. The van der Waals surface area contributed by atoms with Crippen molar-refractivity contribution in [2.75, 3.05) is 18.8 Å². The third-order valence-electron chi connectivity index (χ3n) is 5.19. The molecular weight excluding hydrogens is 324 g/mol. The molecule has 6 nitrogen and oxygen atoms in total. The number of nitrogens with one attached hydrogen (secondary N) is 1. The zero-order valence-corrected chi connectivity index (χ0v) is 15.2. The van der Waals surface area contributed by atoms with Crippen LogP contribution in [0.5, 0.6) is 0 Å². The van der Waals surface area contributed by atoms with E-state index in [4.69, 9.17) is 0 Å². The molecule has 1 aliphatic heterocycles. The van der Waals surface area contributed by atoms with E-state index >= 15 is 0 Å². The Morgan fingerprint density at radius 1 is 1.33 bits per heavy atom. The lowest BCUT2D eigenvalue weighted by molar-refractivity contribution is 0.309. The summed E-state index contributed by atoms with van der Waals surface area (Å²) in [6.45, 7) is 6.94. The maximum absolute atomic E-state index is 12.0. The van der Waals surface area contributed by atoms with Crippen LogP contribution in [0.3, 0.4) is 0 Å². The Kier molecular flexibility index (Phi) is 5.00. The minimum Gasteiger partial charge on any atom is -0.339 e. The maximum Gasteiger partial charge on any atom is 0.211 e. The number of aromatic nitrogens is 1. The summed E-state index contributed by atoms with van der Waals surface area (Å²) in [7, 11) is -3.17. The van der Waals surface area contributed by atoms with Crippen LogP contribution in [0.2, 0.25) is 0 Å². The molecule has 2 atom stereocenters. The summed E-state index contributed by atoms with van der Waals surface area (Å²) in [5.41, 5.74) is 1.82. The summed E-state index contributed by atoms with van der Waals surface area (Å²) in [6.07, 6.45) is 4.47. The van der Waals surface area contributed by atoms with E-state index in [2.05, 4.69) is 15.7 Å². The third kappa shape index (κ3) is 3.82. The van der Waals surface area contributed by atoms with Gasteiger partial charge in [0.05, 0.1) is 5.75 Å². The van der Waals surface area contributed by atoms with Gasteiger partial charge in [-0.1, -0.05) is 0 Å². The Labute approximate surface area is 144 Å². The van der Waals surface area contributed by atoms with Crippen LogP contribution in [0, 0.1) is 23.2 Å². The zero-order chi connectivity index (χ0) is 17.3. The van der Waals surface area contributed by atoms with Gasteiger partial charge in [0.1, 0.15) is 11.8 Å². The van der Waals surface area contributed by atoms with Gasteiger partial charge in [0, 0.05) is 38.4 Å². The van der Waals surface area contributed by atoms with Gasteiger partial charge in [-0.25, -0.2) is 13.1 Å². The maximum atomic E-state index is 12.0. The Hall–Kier alpha value is -1.36. The van der Waals surface area contributed by atoms with E-state index < -0.39 is 10.0 Å². The Bertz CT molecular complexity index is 730. The number of hydrogen-bond donors (Lipinski definition) is 1. The highest BCUT2D eigenvalue weighted by Crippen LogP contribution is 2.41. The number of sulfonamides is 1. The van der Waals surface area contributed by atoms with Crippen molar-refractivity contribution in [2.45, 2.75) is 45.8 Å². The molecule has 0 radical (unpaired) electrons. The molecule has 0 aromatic carbocycles. The van der Waals surface area contributed by atoms with Crippen LogP contribution in [-0.4, -0.2) is 42.8 Å². The molecule has 1 N–H and O–H groups in total. The summed E-state index contributed by atoms with van der Waals surface area (Å²) in [5, 5.41) is 9.18. The number of nitriles is 1. The van der Waals surface area contributed by atoms with E-state index in [-0.39, 0.29) is 11.8 Å². The first-order chi connectivity index (χ1) is 11.5. The first kappa shape index (κ1) is 17.5. The van der Waals surface area contributed by atoms with E-state index in [0.29, 0.717) is 17.5 Å².